The molecule has 0 aromatic carbocycles. The third kappa shape index (κ3) is 3.91. The zero-order chi connectivity index (χ0) is 19.6. The maximum absolute atomic E-state index is 11.5. The number of aliphatic hydroxyl groups excluding tert-OH is 2. The van der Waals surface area contributed by atoms with E-state index < -0.39 is 60.5 Å². The van der Waals surface area contributed by atoms with Gasteiger partial charge in [0.05, 0.1) is 13.0 Å². The molecule has 0 aromatic heterocycles. The van der Waals surface area contributed by atoms with E-state index in [2.05, 4.69) is 5.32 Å². The topological polar surface area (TPSA) is 195 Å². The van der Waals surface area contributed by atoms with Crippen LogP contribution in [0.4, 0.5) is 0 Å². The van der Waals surface area contributed by atoms with Crippen molar-refractivity contribution in [3.8, 4) is 0 Å². The van der Waals surface area contributed by atoms with Crippen LogP contribution in [0, 0.1) is 0 Å². The van der Waals surface area contributed by atoms with Crippen LogP contribution in [0.3, 0.4) is 0 Å². The van der Waals surface area contributed by atoms with Gasteiger partial charge in [0.1, 0.15) is 18.2 Å². The van der Waals surface area contributed by atoms with E-state index in [1.165, 1.54) is 0 Å². The minimum Gasteiger partial charge on any atom is -0.477 e. The molecule has 1 saturated heterocycles. The fourth-order valence-electron chi connectivity index (χ4n) is 2.64. The summed E-state index contributed by atoms with van der Waals surface area (Å²) in [6.45, 7) is 0.00731. The number of carboxylic acids is 1. The number of hydrogen-bond donors (Lipinski definition) is 7. The van der Waals surface area contributed by atoms with Gasteiger partial charge in [-0.3, -0.25) is 4.79 Å². The zero-order valence-corrected chi connectivity index (χ0v) is 13.9. The SMILES string of the molecule is CO[C@@](O)([C@H](O)CO)[C@@H]1O[C@](O)(C(=O)O)C[C@@](O)(OC)[C@H]1NC(C)=O. The fourth-order valence-corrected chi connectivity index (χ4v) is 2.64. The molecule has 0 aromatic rings. The molecule has 12 nitrogen and oxygen atoms in total. The Labute approximate surface area is 142 Å². The van der Waals surface area contributed by atoms with E-state index in [9.17, 15) is 35.1 Å². The van der Waals surface area contributed by atoms with Crippen molar-refractivity contribution in [3.63, 3.8) is 0 Å². The molecular formula is C13H23NO11. The molecule has 1 fully saturated rings. The molecule has 7 N–H and O–H groups in total. The van der Waals surface area contributed by atoms with Gasteiger partial charge in [-0.2, -0.15) is 0 Å². The summed E-state index contributed by atoms with van der Waals surface area (Å²) in [4.78, 5) is 22.8. The molecule has 0 radical (unpaired) electrons. The van der Waals surface area contributed by atoms with Gasteiger partial charge in [0.2, 0.25) is 11.7 Å². The zero-order valence-electron chi connectivity index (χ0n) is 13.9. The molecule has 1 aliphatic rings. The molecule has 1 rings (SSSR count). The maximum Gasteiger partial charge on any atom is 0.364 e. The molecule has 0 bridgehead atoms. The van der Waals surface area contributed by atoms with E-state index in [4.69, 9.17) is 19.3 Å². The van der Waals surface area contributed by atoms with Gasteiger partial charge in [-0.05, 0) is 0 Å². The van der Waals surface area contributed by atoms with E-state index in [0.29, 0.717) is 0 Å². The molecule has 0 aliphatic carbocycles. The van der Waals surface area contributed by atoms with Crippen LogP contribution in [0.5, 0.6) is 0 Å². The minimum absolute atomic E-state index is 0.730. The van der Waals surface area contributed by atoms with Gasteiger partial charge in [0, 0.05) is 21.1 Å². The highest BCUT2D eigenvalue weighted by Crippen LogP contribution is 2.40. The Morgan fingerprint density at radius 2 is 1.96 bits per heavy atom. The number of aliphatic hydroxyl groups is 5. The molecule has 0 spiro atoms. The smallest absolute Gasteiger partial charge is 0.364 e. The van der Waals surface area contributed by atoms with Crippen LogP contribution in [0.25, 0.3) is 0 Å². The molecule has 25 heavy (non-hydrogen) atoms. The summed E-state index contributed by atoms with van der Waals surface area (Å²) in [5.41, 5.74) is 0. The monoisotopic (exact) mass is 369 g/mol. The summed E-state index contributed by atoms with van der Waals surface area (Å²) in [7, 11) is 1.86. The van der Waals surface area contributed by atoms with Crippen LogP contribution in [0.2, 0.25) is 0 Å². The molecule has 1 aliphatic heterocycles. The van der Waals surface area contributed by atoms with Crippen molar-refractivity contribution in [1.82, 2.24) is 5.32 Å². The molecule has 0 unspecified atom stereocenters. The normalized spacial score (nSPS) is 36.3. The van der Waals surface area contributed by atoms with Gasteiger partial charge in [0.15, 0.2) is 5.79 Å². The third-order valence-electron chi connectivity index (χ3n) is 4.04. The van der Waals surface area contributed by atoms with Crippen molar-refractivity contribution < 1.29 is 54.4 Å². The second-order valence-electron chi connectivity index (χ2n) is 5.69. The van der Waals surface area contributed by atoms with Crippen molar-refractivity contribution in [2.45, 2.75) is 49.0 Å². The quantitative estimate of drug-likeness (QED) is 0.217. The highest BCUT2D eigenvalue weighted by Gasteiger charge is 2.65. The van der Waals surface area contributed by atoms with Crippen LogP contribution in [0.15, 0.2) is 0 Å². The molecule has 1 heterocycles. The number of nitrogens with one attached hydrogen (secondary N) is 1. The van der Waals surface area contributed by atoms with Gasteiger partial charge >= 0.3 is 5.97 Å². The average molecular weight is 369 g/mol. The van der Waals surface area contributed by atoms with E-state index >= 15 is 0 Å². The largest absolute Gasteiger partial charge is 0.477 e. The number of amides is 1. The molecule has 0 saturated carbocycles. The van der Waals surface area contributed by atoms with Crippen LogP contribution in [-0.4, -0.2) is 99.0 Å². The Morgan fingerprint density at radius 1 is 1.40 bits per heavy atom. The minimum atomic E-state index is -3.05. The number of carboxylic acid groups (broad SMARTS) is 1. The van der Waals surface area contributed by atoms with E-state index in [0.717, 1.165) is 21.1 Å². The van der Waals surface area contributed by atoms with Crippen molar-refractivity contribution >= 4 is 11.9 Å². The van der Waals surface area contributed by atoms with Gasteiger partial charge in [-0.25, -0.2) is 4.79 Å². The van der Waals surface area contributed by atoms with Gasteiger partial charge in [-0.1, -0.05) is 0 Å². The number of ether oxygens (including phenoxy) is 3. The van der Waals surface area contributed by atoms with Crippen molar-refractivity contribution in [1.29, 1.82) is 0 Å². The second-order valence-corrected chi connectivity index (χ2v) is 5.69. The summed E-state index contributed by atoms with van der Waals surface area (Å²) in [5.74, 6) is -11.0. The van der Waals surface area contributed by atoms with Crippen LogP contribution in [-0.2, 0) is 23.8 Å². The number of aliphatic carboxylic acids is 1. The Morgan fingerprint density at radius 3 is 2.32 bits per heavy atom. The van der Waals surface area contributed by atoms with E-state index in [1.54, 1.807) is 0 Å². The lowest BCUT2D eigenvalue weighted by atomic mass is 9.83. The third-order valence-corrected chi connectivity index (χ3v) is 4.04. The standard InChI is InChI=1S/C13H23NO11/c1-6(16)14-8-9(13(22,24-3)7(17)4-15)25-12(21,10(18)19)5-11(8,20)23-2/h7-9,15,17,20-22H,4-5H2,1-3H3,(H,14,16)(H,18,19)/t7-,8+,9-,11-,12+,13+/m1/s1. The first-order valence-corrected chi connectivity index (χ1v) is 7.15. The highest BCUT2D eigenvalue weighted by molar-refractivity contribution is 5.76. The number of hydrogen-bond acceptors (Lipinski definition) is 10. The van der Waals surface area contributed by atoms with E-state index in [1.807, 2.05) is 0 Å². The Bertz CT molecular complexity index is 516. The highest BCUT2D eigenvalue weighted by atomic mass is 16.7. The summed E-state index contributed by atoms with van der Waals surface area (Å²) in [5, 5.41) is 61.7. The lowest BCUT2D eigenvalue weighted by Gasteiger charge is -2.52. The number of rotatable bonds is 7. The van der Waals surface area contributed by atoms with Gasteiger partial charge in [0.25, 0.3) is 5.79 Å². The Balaban J connectivity index is 3.52. The lowest BCUT2D eigenvalue weighted by molar-refractivity contribution is -0.401. The van der Waals surface area contributed by atoms with Gasteiger partial charge in [-0.15, -0.1) is 0 Å². The first-order chi connectivity index (χ1) is 11.4. The number of carbonyl (C=O) groups is 2. The molecule has 6 atom stereocenters. The van der Waals surface area contributed by atoms with E-state index in [-0.39, 0.29) is 0 Å². The first-order valence-electron chi connectivity index (χ1n) is 7.15. The lowest BCUT2D eigenvalue weighted by Crippen LogP contribution is -2.76. The molecule has 12 heteroatoms. The van der Waals surface area contributed by atoms with Gasteiger partial charge < -0.3 is 50.2 Å². The first kappa shape index (κ1) is 21.7. The molecule has 1 amide bonds. The van der Waals surface area contributed by atoms with Crippen molar-refractivity contribution in [3.05, 3.63) is 0 Å². The summed E-state index contributed by atoms with van der Waals surface area (Å²) in [6, 6.07) is -1.68. The fraction of sp³-hybridized carbons (Fsp3) is 0.846. The summed E-state index contributed by atoms with van der Waals surface area (Å²) in [6.07, 6.45) is -5.14. The predicted octanol–water partition coefficient (Wildman–Crippen LogP) is -3.92. The molecule has 146 valence electrons. The summed E-state index contributed by atoms with van der Waals surface area (Å²) < 4.78 is 14.6. The van der Waals surface area contributed by atoms with Crippen LogP contribution < -0.4 is 5.32 Å². The average Bonchev–Trinajstić information content (AvgIpc) is 2.55. The Kier molecular flexibility index (Phi) is 6.47. The van der Waals surface area contributed by atoms with Crippen LogP contribution in [0.1, 0.15) is 13.3 Å². The van der Waals surface area contributed by atoms with Crippen molar-refractivity contribution in [2.75, 3.05) is 20.8 Å². The number of methoxy groups -OCH3 is 2. The Hall–Kier alpha value is -1.38. The number of carbonyl (C=O) groups excluding carboxylic acids is 1. The van der Waals surface area contributed by atoms with Crippen molar-refractivity contribution in [2.24, 2.45) is 0 Å². The predicted molar refractivity (Wildman–Crippen MR) is 76.7 cm³/mol. The van der Waals surface area contributed by atoms with Crippen LogP contribution >= 0.6 is 0 Å². The summed E-state index contributed by atoms with van der Waals surface area (Å²) >= 11 is 0. The molecular weight excluding hydrogens is 346 g/mol. The second kappa shape index (κ2) is 7.47. The maximum atomic E-state index is 11.5.